The minimum atomic E-state index is -0.211. The van der Waals surface area contributed by atoms with Gasteiger partial charge in [-0.25, -0.2) is 4.99 Å². The van der Waals surface area contributed by atoms with E-state index >= 15 is 0 Å². The topological polar surface area (TPSA) is 54.6 Å². The first-order valence-corrected chi connectivity index (χ1v) is 9.55. The Kier molecular flexibility index (Phi) is 5.07. The summed E-state index contributed by atoms with van der Waals surface area (Å²) in [6.07, 6.45) is 1.70. The van der Waals surface area contributed by atoms with Gasteiger partial charge < -0.3 is 9.73 Å². The molecule has 4 nitrogen and oxygen atoms in total. The summed E-state index contributed by atoms with van der Waals surface area (Å²) in [6.45, 7) is 0. The Morgan fingerprint density at radius 3 is 2.30 bits per heavy atom. The van der Waals surface area contributed by atoms with E-state index in [1.54, 1.807) is 42.5 Å². The highest BCUT2D eigenvalue weighted by molar-refractivity contribution is 8.18. The van der Waals surface area contributed by atoms with Gasteiger partial charge in [0.05, 0.1) is 10.6 Å². The van der Waals surface area contributed by atoms with E-state index in [0.717, 1.165) is 5.56 Å². The van der Waals surface area contributed by atoms with Gasteiger partial charge in [-0.2, -0.15) is 0 Å². The molecule has 134 valence electrons. The van der Waals surface area contributed by atoms with Crippen LogP contribution >= 0.6 is 35.0 Å². The van der Waals surface area contributed by atoms with Gasteiger partial charge in [0.1, 0.15) is 11.5 Å². The van der Waals surface area contributed by atoms with E-state index in [4.69, 9.17) is 27.6 Å². The number of hydrogen-bond donors (Lipinski definition) is 1. The van der Waals surface area contributed by atoms with Gasteiger partial charge in [0.2, 0.25) is 0 Å². The van der Waals surface area contributed by atoms with E-state index in [-0.39, 0.29) is 5.91 Å². The van der Waals surface area contributed by atoms with Gasteiger partial charge in [0, 0.05) is 21.7 Å². The van der Waals surface area contributed by atoms with E-state index in [1.807, 2.05) is 24.3 Å². The van der Waals surface area contributed by atoms with E-state index in [2.05, 4.69) is 10.3 Å². The van der Waals surface area contributed by atoms with Crippen molar-refractivity contribution in [2.75, 3.05) is 0 Å². The second-order valence-corrected chi connectivity index (χ2v) is 7.57. The summed E-state index contributed by atoms with van der Waals surface area (Å²) in [5.41, 5.74) is 1.63. The van der Waals surface area contributed by atoms with Crippen LogP contribution in [0.15, 0.2) is 75.0 Å². The van der Waals surface area contributed by atoms with Gasteiger partial charge in [-0.05, 0) is 72.4 Å². The van der Waals surface area contributed by atoms with Crippen LogP contribution in [0.1, 0.15) is 5.76 Å². The smallest absolute Gasteiger partial charge is 0.264 e. The highest BCUT2D eigenvalue weighted by Crippen LogP contribution is 2.30. The van der Waals surface area contributed by atoms with Crippen molar-refractivity contribution in [2.24, 2.45) is 4.99 Å². The molecule has 0 aliphatic carbocycles. The average Bonchev–Trinajstić information content (AvgIpc) is 3.25. The summed E-state index contributed by atoms with van der Waals surface area (Å²) < 4.78 is 5.82. The van der Waals surface area contributed by atoms with Crippen LogP contribution < -0.4 is 5.32 Å². The van der Waals surface area contributed by atoms with Crippen molar-refractivity contribution >= 4 is 57.8 Å². The summed E-state index contributed by atoms with van der Waals surface area (Å²) in [4.78, 5) is 17.1. The van der Waals surface area contributed by atoms with E-state index in [0.29, 0.717) is 37.3 Å². The fourth-order valence-electron chi connectivity index (χ4n) is 2.44. The van der Waals surface area contributed by atoms with Crippen LogP contribution in [0.4, 0.5) is 5.69 Å². The highest BCUT2D eigenvalue weighted by Gasteiger charge is 2.24. The lowest BCUT2D eigenvalue weighted by atomic mass is 10.2. The van der Waals surface area contributed by atoms with Gasteiger partial charge in [-0.1, -0.05) is 23.2 Å². The maximum absolute atomic E-state index is 12.2. The van der Waals surface area contributed by atoms with Crippen LogP contribution in [0.5, 0.6) is 0 Å². The van der Waals surface area contributed by atoms with Gasteiger partial charge >= 0.3 is 0 Å². The van der Waals surface area contributed by atoms with Gasteiger partial charge in [-0.15, -0.1) is 0 Å². The van der Waals surface area contributed by atoms with Crippen molar-refractivity contribution < 1.29 is 9.21 Å². The average molecular weight is 415 g/mol. The third kappa shape index (κ3) is 4.27. The Balaban J connectivity index is 1.53. The summed E-state index contributed by atoms with van der Waals surface area (Å²) in [7, 11) is 0. The molecule has 1 saturated heterocycles. The third-order valence-electron chi connectivity index (χ3n) is 3.74. The molecule has 0 unspecified atom stereocenters. The van der Waals surface area contributed by atoms with Crippen molar-refractivity contribution in [1.29, 1.82) is 0 Å². The molecule has 0 spiro atoms. The minimum absolute atomic E-state index is 0.211. The van der Waals surface area contributed by atoms with Crippen molar-refractivity contribution in [3.8, 4) is 11.3 Å². The molecule has 1 N–H and O–H groups in total. The molecule has 0 atom stereocenters. The molecule has 2 aromatic carbocycles. The molecular weight excluding hydrogens is 403 g/mol. The number of amides is 1. The first-order chi connectivity index (χ1) is 13.1. The molecule has 0 saturated carbocycles. The summed E-state index contributed by atoms with van der Waals surface area (Å²) in [5, 5.41) is 4.56. The Bertz CT molecular complexity index is 1050. The molecule has 1 fully saturated rings. The Labute approximate surface area is 169 Å². The normalized spacial score (nSPS) is 16.9. The second kappa shape index (κ2) is 7.64. The van der Waals surface area contributed by atoms with Crippen molar-refractivity contribution in [1.82, 2.24) is 5.32 Å². The lowest BCUT2D eigenvalue weighted by Crippen LogP contribution is -2.19. The van der Waals surface area contributed by atoms with Crippen LogP contribution in [-0.4, -0.2) is 11.1 Å². The molecular formula is C20H12Cl2N2O2S. The predicted molar refractivity (Wildman–Crippen MR) is 111 cm³/mol. The van der Waals surface area contributed by atoms with E-state index in [9.17, 15) is 4.79 Å². The molecule has 0 bridgehead atoms. The number of rotatable bonds is 3. The van der Waals surface area contributed by atoms with Crippen molar-refractivity contribution in [3.05, 3.63) is 81.4 Å². The number of benzene rings is 2. The second-order valence-electron chi connectivity index (χ2n) is 5.67. The highest BCUT2D eigenvalue weighted by atomic mass is 35.5. The standard InChI is InChI=1S/C20H12Cl2N2O2S/c21-13-3-1-12(2-4-13)17-10-9-16(26-17)11-18-19(25)24-20(27-18)23-15-7-5-14(22)6-8-15/h1-11H,(H,23,24,25). The van der Waals surface area contributed by atoms with Crippen molar-refractivity contribution in [2.45, 2.75) is 0 Å². The van der Waals surface area contributed by atoms with E-state index in [1.165, 1.54) is 11.8 Å². The zero-order valence-corrected chi connectivity index (χ0v) is 16.1. The lowest BCUT2D eigenvalue weighted by molar-refractivity contribution is -0.115. The Hall–Kier alpha value is -2.47. The molecule has 4 rings (SSSR count). The zero-order chi connectivity index (χ0) is 18.8. The Morgan fingerprint density at radius 1 is 0.926 bits per heavy atom. The molecule has 1 aliphatic heterocycles. The number of hydrogen-bond acceptors (Lipinski definition) is 4. The molecule has 1 aromatic heterocycles. The minimum Gasteiger partial charge on any atom is -0.457 e. The van der Waals surface area contributed by atoms with Gasteiger partial charge in [0.15, 0.2) is 5.17 Å². The monoisotopic (exact) mass is 414 g/mol. The number of amidine groups is 1. The molecule has 3 aromatic rings. The number of nitrogens with zero attached hydrogens (tertiary/aromatic N) is 1. The first kappa shape index (κ1) is 17.9. The number of furan rings is 1. The van der Waals surface area contributed by atoms with Crippen LogP contribution in [0.2, 0.25) is 10.0 Å². The Morgan fingerprint density at radius 2 is 1.59 bits per heavy atom. The third-order valence-corrected chi connectivity index (χ3v) is 5.15. The number of nitrogens with one attached hydrogen (secondary N) is 1. The fraction of sp³-hybridized carbons (Fsp3) is 0. The van der Waals surface area contributed by atoms with E-state index < -0.39 is 0 Å². The SMILES string of the molecule is O=C1NC(=Nc2ccc(Cl)cc2)SC1=Cc1ccc(-c2ccc(Cl)cc2)o1. The van der Waals surface area contributed by atoms with Crippen LogP contribution in [0.25, 0.3) is 17.4 Å². The zero-order valence-electron chi connectivity index (χ0n) is 13.8. The van der Waals surface area contributed by atoms with Gasteiger partial charge in [-0.3, -0.25) is 4.79 Å². The number of aliphatic imine (C=N–C) groups is 1. The number of carbonyl (C=O) groups excluding carboxylic acids is 1. The summed E-state index contributed by atoms with van der Waals surface area (Å²) >= 11 is 13.0. The summed E-state index contributed by atoms with van der Waals surface area (Å²) in [6, 6.07) is 18.1. The molecule has 0 radical (unpaired) electrons. The van der Waals surface area contributed by atoms with Crippen molar-refractivity contribution in [3.63, 3.8) is 0 Å². The van der Waals surface area contributed by atoms with Crippen LogP contribution in [-0.2, 0) is 4.79 Å². The fourth-order valence-corrected chi connectivity index (χ4v) is 3.52. The maximum atomic E-state index is 12.2. The maximum Gasteiger partial charge on any atom is 0.264 e. The quantitative estimate of drug-likeness (QED) is 0.523. The molecule has 7 heteroatoms. The first-order valence-electron chi connectivity index (χ1n) is 7.98. The number of thioether (sulfide) groups is 1. The number of carbonyl (C=O) groups is 1. The summed E-state index contributed by atoms with van der Waals surface area (Å²) in [5.74, 6) is 1.08. The molecule has 2 heterocycles. The molecule has 1 amide bonds. The molecule has 27 heavy (non-hydrogen) atoms. The lowest BCUT2D eigenvalue weighted by Gasteiger charge is -1.96. The molecule has 1 aliphatic rings. The number of halogens is 2. The largest absolute Gasteiger partial charge is 0.457 e. The predicted octanol–water partition coefficient (Wildman–Crippen LogP) is 6.15. The van der Waals surface area contributed by atoms with Gasteiger partial charge in [0.25, 0.3) is 5.91 Å². The van der Waals surface area contributed by atoms with Crippen LogP contribution in [0.3, 0.4) is 0 Å². The van der Waals surface area contributed by atoms with Crippen LogP contribution in [0, 0.1) is 0 Å².